The Labute approximate surface area is 102 Å². The van der Waals surface area contributed by atoms with Crippen molar-refractivity contribution in [3.05, 3.63) is 24.8 Å². The van der Waals surface area contributed by atoms with Crippen LogP contribution in [-0.2, 0) is 14.3 Å². The zero-order valence-electron chi connectivity index (χ0n) is 10.6. The van der Waals surface area contributed by atoms with Gasteiger partial charge in [0.05, 0.1) is 13.0 Å². The standard InChI is InChI=1S/C13H19NO3/c1-6-7-10-9(4)12(15)14(10)11(8(2)3)13(16)17-5/h6,9-11H,1-2,7H2,3-5H3/t9-,10-,11?/m1/s1. The number of carbonyl (C=O) groups is 2. The maximum Gasteiger partial charge on any atom is 0.332 e. The molecule has 1 aliphatic rings. The topological polar surface area (TPSA) is 46.6 Å². The van der Waals surface area contributed by atoms with Crippen LogP contribution in [0.2, 0.25) is 0 Å². The van der Waals surface area contributed by atoms with Gasteiger partial charge < -0.3 is 9.64 Å². The third kappa shape index (κ3) is 2.25. The van der Waals surface area contributed by atoms with E-state index in [-0.39, 0.29) is 17.9 Å². The molecule has 0 saturated carbocycles. The van der Waals surface area contributed by atoms with Crippen molar-refractivity contribution in [2.24, 2.45) is 5.92 Å². The Morgan fingerprint density at radius 1 is 1.65 bits per heavy atom. The lowest BCUT2D eigenvalue weighted by Crippen LogP contribution is -2.65. The van der Waals surface area contributed by atoms with Crippen LogP contribution >= 0.6 is 0 Å². The summed E-state index contributed by atoms with van der Waals surface area (Å²) >= 11 is 0. The van der Waals surface area contributed by atoms with Crippen molar-refractivity contribution in [2.45, 2.75) is 32.4 Å². The molecule has 1 fully saturated rings. The highest BCUT2D eigenvalue weighted by atomic mass is 16.5. The first-order valence-corrected chi connectivity index (χ1v) is 5.62. The summed E-state index contributed by atoms with van der Waals surface area (Å²) in [6, 6.07) is -0.658. The normalized spacial score (nSPS) is 24.9. The molecule has 17 heavy (non-hydrogen) atoms. The zero-order chi connectivity index (χ0) is 13.2. The summed E-state index contributed by atoms with van der Waals surface area (Å²) in [6.45, 7) is 11.0. The van der Waals surface area contributed by atoms with E-state index >= 15 is 0 Å². The van der Waals surface area contributed by atoms with Crippen LogP contribution in [0.1, 0.15) is 20.3 Å². The minimum absolute atomic E-state index is 0.0146. The molecule has 0 spiro atoms. The highest BCUT2D eigenvalue weighted by Gasteiger charge is 2.49. The lowest BCUT2D eigenvalue weighted by molar-refractivity contribution is -0.167. The number of amides is 1. The summed E-state index contributed by atoms with van der Waals surface area (Å²) in [5.74, 6) is -0.540. The van der Waals surface area contributed by atoms with E-state index in [1.54, 1.807) is 17.9 Å². The second-order valence-corrected chi connectivity index (χ2v) is 4.40. The molecule has 1 aliphatic heterocycles. The molecule has 4 nitrogen and oxygen atoms in total. The van der Waals surface area contributed by atoms with Crippen molar-refractivity contribution in [1.82, 2.24) is 4.90 Å². The van der Waals surface area contributed by atoms with Crippen molar-refractivity contribution in [3.8, 4) is 0 Å². The predicted molar refractivity (Wildman–Crippen MR) is 65.2 cm³/mol. The zero-order valence-corrected chi connectivity index (χ0v) is 10.6. The van der Waals surface area contributed by atoms with Gasteiger partial charge in [0.15, 0.2) is 6.04 Å². The molecule has 1 rings (SSSR count). The first-order chi connectivity index (χ1) is 7.95. The summed E-state index contributed by atoms with van der Waals surface area (Å²) in [4.78, 5) is 25.1. The number of likely N-dealkylation sites (tertiary alicyclic amines) is 1. The number of carbonyl (C=O) groups excluding carboxylic acids is 2. The SMILES string of the molecule is C=CC[C@@H]1[C@@H](C)C(=O)N1C(C(=C)C)C(=O)OC. The molecule has 3 atom stereocenters. The van der Waals surface area contributed by atoms with Gasteiger partial charge in [0, 0.05) is 6.04 Å². The van der Waals surface area contributed by atoms with Crippen LogP contribution in [0, 0.1) is 5.92 Å². The molecule has 0 aromatic carbocycles. The fourth-order valence-corrected chi connectivity index (χ4v) is 2.19. The van der Waals surface area contributed by atoms with E-state index in [0.29, 0.717) is 12.0 Å². The molecule has 1 heterocycles. The van der Waals surface area contributed by atoms with Gasteiger partial charge in [-0.2, -0.15) is 0 Å². The molecule has 1 saturated heterocycles. The van der Waals surface area contributed by atoms with Crippen LogP contribution in [0.4, 0.5) is 0 Å². The number of β-lactam (4-membered cyclic amide) rings is 1. The maximum atomic E-state index is 11.9. The largest absolute Gasteiger partial charge is 0.467 e. The predicted octanol–water partition coefficient (Wildman–Crippen LogP) is 1.53. The number of ether oxygens (including phenoxy) is 1. The minimum Gasteiger partial charge on any atom is -0.467 e. The number of methoxy groups -OCH3 is 1. The average Bonchev–Trinajstić information content (AvgIpc) is 2.31. The van der Waals surface area contributed by atoms with Crippen molar-refractivity contribution >= 4 is 11.9 Å². The van der Waals surface area contributed by atoms with Gasteiger partial charge in [0.1, 0.15) is 0 Å². The Kier molecular flexibility index (Phi) is 4.10. The first-order valence-electron chi connectivity index (χ1n) is 5.62. The van der Waals surface area contributed by atoms with Gasteiger partial charge in [-0.15, -0.1) is 6.58 Å². The van der Waals surface area contributed by atoms with Crippen LogP contribution in [0.25, 0.3) is 0 Å². The summed E-state index contributed by atoms with van der Waals surface area (Å²) in [7, 11) is 1.31. The quantitative estimate of drug-likeness (QED) is 0.414. The van der Waals surface area contributed by atoms with E-state index in [1.807, 2.05) is 6.92 Å². The lowest BCUT2D eigenvalue weighted by Gasteiger charge is -2.49. The third-order valence-corrected chi connectivity index (χ3v) is 3.16. The number of rotatable bonds is 5. The van der Waals surface area contributed by atoms with Gasteiger partial charge in [0.25, 0.3) is 0 Å². The fraction of sp³-hybridized carbons (Fsp3) is 0.538. The van der Waals surface area contributed by atoms with Crippen LogP contribution in [0.15, 0.2) is 24.8 Å². The van der Waals surface area contributed by atoms with E-state index in [4.69, 9.17) is 4.74 Å². The van der Waals surface area contributed by atoms with Gasteiger partial charge in [0.2, 0.25) is 5.91 Å². The molecule has 94 valence electrons. The van der Waals surface area contributed by atoms with Crippen LogP contribution in [-0.4, -0.2) is 36.0 Å². The lowest BCUT2D eigenvalue weighted by atomic mass is 9.84. The molecule has 0 bridgehead atoms. The summed E-state index contributed by atoms with van der Waals surface area (Å²) < 4.78 is 4.72. The fourth-order valence-electron chi connectivity index (χ4n) is 2.19. The van der Waals surface area contributed by atoms with E-state index in [1.165, 1.54) is 7.11 Å². The maximum absolute atomic E-state index is 11.9. The summed E-state index contributed by atoms with van der Waals surface area (Å²) in [5.41, 5.74) is 0.617. The molecule has 0 aromatic rings. The summed E-state index contributed by atoms with van der Waals surface area (Å²) in [5, 5.41) is 0. The molecule has 4 heteroatoms. The molecule has 0 N–H and O–H groups in total. The van der Waals surface area contributed by atoms with Gasteiger partial charge in [-0.25, -0.2) is 4.79 Å². The van der Waals surface area contributed by atoms with Crippen molar-refractivity contribution in [1.29, 1.82) is 0 Å². The Balaban J connectivity index is 2.94. The molecule has 0 aromatic heterocycles. The van der Waals surface area contributed by atoms with E-state index in [2.05, 4.69) is 13.2 Å². The Morgan fingerprint density at radius 2 is 2.24 bits per heavy atom. The molecule has 0 aliphatic carbocycles. The molecular formula is C13H19NO3. The smallest absolute Gasteiger partial charge is 0.332 e. The van der Waals surface area contributed by atoms with Gasteiger partial charge in [-0.05, 0) is 18.9 Å². The van der Waals surface area contributed by atoms with E-state index < -0.39 is 12.0 Å². The van der Waals surface area contributed by atoms with Crippen LogP contribution < -0.4 is 0 Å². The monoisotopic (exact) mass is 237 g/mol. The molecular weight excluding hydrogens is 218 g/mol. The number of hydrogen-bond donors (Lipinski definition) is 0. The minimum atomic E-state index is -0.673. The second-order valence-electron chi connectivity index (χ2n) is 4.40. The number of esters is 1. The molecule has 0 radical (unpaired) electrons. The first kappa shape index (κ1) is 13.5. The van der Waals surface area contributed by atoms with E-state index in [9.17, 15) is 9.59 Å². The second kappa shape index (κ2) is 5.17. The average molecular weight is 237 g/mol. The van der Waals surface area contributed by atoms with Gasteiger partial charge in [-0.3, -0.25) is 4.79 Å². The molecule has 1 amide bonds. The van der Waals surface area contributed by atoms with Crippen LogP contribution in [0.3, 0.4) is 0 Å². The number of nitrogens with zero attached hydrogens (tertiary/aromatic N) is 1. The Hall–Kier alpha value is -1.58. The third-order valence-electron chi connectivity index (χ3n) is 3.16. The summed E-state index contributed by atoms with van der Waals surface area (Å²) in [6.07, 6.45) is 2.43. The van der Waals surface area contributed by atoms with E-state index in [0.717, 1.165) is 0 Å². The van der Waals surface area contributed by atoms with Crippen LogP contribution in [0.5, 0.6) is 0 Å². The Morgan fingerprint density at radius 3 is 2.65 bits per heavy atom. The Bertz CT molecular complexity index is 362. The molecule has 1 unspecified atom stereocenters. The van der Waals surface area contributed by atoms with Gasteiger partial charge >= 0.3 is 5.97 Å². The van der Waals surface area contributed by atoms with Crippen molar-refractivity contribution in [2.75, 3.05) is 7.11 Å². The van der Waals surface area contributed by atoms with Crippen molar-refractivity contribution in [3.63, 3.8) is 0 Å². The highest BCUT2D eigenvalue weighted by molar-refractivity contribution is 5.92. The number of hydrogen-bond acceptors (Lipinski definition) is 3. The highest BCUT2D eigenvalue weighted by Crippen LogP contribution is 2.33. The van der Waals surface area contributed by atoms with Crippen molar-refractivity contribution < 1.29 is 14.3 Å². The van der Waals surface area contributed by atoms with Gasteiger partial charge in [-0.1, -0.05) is 19.6 Å².